The minimum absolute atomic E-state index is 0.0972. The van der Waals surface area contributed by atoms with Gasteiger partial charge in [-0.15, -0.1) is 0 Å². The molecule has 0 saturated carbocycles. The maximum atomic E-state index is 12.0. The van der Waals surface area contributed by atoms with Gasteiger partial charge < -0.3 is 4.57 Å². The van der Waals surface area contributed by atoms with Gasteiger partial charge in [-0.3, -0.25) is 9.36 Å². The fraction of sp³-hybridized carbons (Fsp3) is 0.667. The minimum Gasteiger partial charge on any atom is -0.300 e. The van der Waals surface area contributed by atoms with Crippen LogP contribution in [0.5, 0.6) is 0 Å². The Bertz CT molecular complexity index is 511. The Morgan fingerprint density at radius 1 is 0.875 bits per heavy atom. The van der Waals surface area contributed by atoms with Crippen LogP contribution < -0.4 is 11.2 Å². The monoisotopic (exact) mass is 222 g/mol. The second-order valence-electron chi connectivity index (χ2n) is 4.55. The van der Waals surface area contributed by atoms with E-state index >= 15 is 0 Å². The van der Waals surface area contributed by atoms with Crippen molar-refractivity contribution in [3.63, 3.8) is 0 Å². The molecule has 1 aliphatic rings. The maximum absolute atomic E-state index is 12.0. The van der Waals surface area contributed by atoms with E-state index in [0.717, 1.165) is 36.9 Å². The fourth-order valence-electron chi connectivity index (χ4n) is 2.47. The molecular weight excluding hydrogens is 204 g/mol. The fourth-order valence-corrected chi connectivity index (χ4v) is 2.47. The first-order valence-electron chi connectivity index (χ1n) is 5.90. The van der Waals surface area contributed by atoms with Gasteiger partial charge in [-0.2, -0.15) is 0 Å². The SMILES string of the molecule is Cn1c2c(c(=O)n(C)c1=O)CCCCCC2. The third kappa shape index (κ3) is 1.72. The lowest BCUT2D eigenvalue weighted by atomic mass is 9.98. The zero-order valence-corrected chi connectivity index (χ0v) is 9.95. The van der Waals surface area contributed by atoms with Crippen LogP contribution >= 0.6 is 0 Å². The molecule has 0 aliphatic heterocycles. The van der Waals surface area contributed by atoms with Crippen LogP contribution in [-0.2, 0) is 26.9 Å². The van der Waals surface area contributed by atoms with Crippen LogP contribution in [0.1, 0.15) is 36.9 Å². The highest BCUT2D eigenvalue weighted by atomic mass is 16.2. The van der Waals surface area contributed by atoms with Gasteiger partial charge in [-0.25, -0.2) is 4.79 Å². The van der Waals surface area contributed by atoms with Crippen LogP contribution in [0.3, 0.4) is 0 Å². The van der Waals surface area contributed by atoms with Gasteiger partial charge in [-0.05, 0) is 25.7 Å². The molecule has 1 aromatic rings. The second kappa shape index (κ2) is 4.28. The summed E-state index contributed by atoms with van der Waals surface area (Å²) in [6.45, 7) is 0. The molecule has 0 N–H and O–H groups in total. The molecule has 0 atom stereocenters. The molecule has 0 aromatic carbocycles. The van der Waals surface area contributed by atoms with Gasteiger partial charge in [0.15, 0.2) is 0 Å². The lowest BCUT2D eigenvalue weighted by molar-refractivity contribution is 0.556. The Morgan fingerprint density at radius 3 is 2.19 bits per heavy atom. The molecule has 0 saturated heterocycles. The first-order chi connectivity index (χ1) is 7.63. The van der Waals surface area contributed by atoms with E-state index in [1.54, 1.807) is 18.7 Å². The Hall–Kier alpha value is -1.32. The Balaban J connectivity index is 2.68. The number of nitrogens with zero attached hydrogens (tertiary/aromatic N) is 2. The molecule has 0 radical (unpaired) electrons. The molecule has 88 valence electrons. The first kappa shape index (κ1) is 11.2. The van der Waals surface area contributed by atoms with E-state index in [-0.39, 0.29) is 11.2 Å². The van der Waals surface area contributed by atoms with E-state index in [2.05, 4.69) is 0 Å². The third-order valence-electron chi connectivity index (χ3n) is 3.48. The van der Waals surface area contributed by atoms with E-state index in [9.17, 15) is 9.59 Å². The van der Waals surface area contributed by atoms with Crippen molar-refractivity contribution in [1.29, 1.82) is 0 Å². The Morgan fingerprint density at radius 2 is 1.50 bits per heavy atom. The van der Waals surface area contributed by atoms with Crippen molar-refractivity contribution in [3.05, 3.63) is 32.1 Å². The zero-order valence-electron chi connectivity index (χ0n) is 9.95. The van der Waals surface area contributed by atoms with Gasteiger partial charge >= 0.3 is 5.69 Å². The second-order valence-corrected chi connectivity index (χ2v) is 4.55. The summed E-state index contributed by atoms with van der Waals surface area (Å²) >= 11 is 0. The van der Waals surface area contributed by atoms with Crippen LogP contribution in [0.25, 0.3) is 0 Å². The van der Waals surface area contributed by atoms with E-state index in [1.165, 1.54) is 17.4 Å². The molecule has 1 heterocycles. The Labute approximate surface area is 94.5 Å². The predicted molar refractivity (Wildman–Crippen MR) is 62.8 cm³/mol. The molecule has 0 amide bonds. The smallest absolute Gasteiger partial charge is 0.300 e. The van der Waals surface area contributed by atoms with E-state index in [4.69, 9.17) is 0 Å². The van der Waals surface area contributed by atoms with Gasteiger partial charge in [-0.1, -0.05) is 12.8 Å². The van der Waals surface area contributed by atoms with Gasteiger partial charge in [0, 0.05) is 25.4 Å². The highest BCUT2D eigenvalue weighted by Gasteiger charge is 2.16. The summed E-state index contributed by atoms with van der Waals surface area (Å²) < 4.78 is 2.86. The van der Waals surface area contributed by atoms with Crippen molar-refractivity contribution in [2.75, 3.05) is 0 Å². The summed E-state index contributed by atoms with van der Waals surface area (Å²) in [6, 6.07) is 0. The van der Waals surface area contributed by atoms with Crippen molar-refractivity contribution in [3.8, 4) is 0 Å². The molecule has 4 heteroatoms. The predicted octanol–water partition coefficient (Wildman–Crippen LogP) is 0.743. The van der Waals surface area contributed by atoms with E-state index < -0.39 is 0 Å². The third-order valence-corrected chi connectivity index (χ3v) is 3.48. The molecule has 16 heavy (non-hydrogen) atoms. The standard InChI is InChI=1S/C12H18N2O2/c1-13-10-8-6-4-3-5-7-9(10)11(15)14(2)12(13)16/h3-8H2,1-2H3. The van der Waals surface area contributed by atoms with Crippen molar-refractivity contribution >= 4 is 0 Å². The van der Waals surface area contributed by atoms with Crippen molar-refractivity contribution in [1.82, 2.24) is 9.13 Å². The molecule has 0 fully saturated rings. The van der Waals surface area contributed by atoms with Crippen LogP contribution in [0.4, 0.5) is 0 Å². The molecule has 2 rings (SSSR count). The van der Waals surface area contributed by atoms with Gasteiger partial charge in [0.25, 0.3) is 5.56 Å². The number of fused-ring (bicyclic) bond motifs is 1. The first-order valence-corrected chi connectivity index (χ1v) is 5.90. The molecular formula is C12H18N2O2. The average Bonchev–Trinajstić information content (AvgIpc) is 2.24. The summed E-state index contributed by atoms with van der Waals surface area (Å²) in [4.78, 5) is 23.8. The lowest BCUT2D eigenvalue weighted by Gasteiger charge is -2.17. The van der Waals surface area contributed by atoms with Gasteiger partial charge in [0.2, 0.25) is 0 Å². The Kier molecular flexibility index (Phi) is 2.99. The highest BCUT2D eigenvalue weighted by Crippen LogP contribution is 2.15. The lowest BCUT2D eigenvalue weighted by Crippen LogP contribution is -2.41. The summed E-state index contributed by atoms with van der Waals surface area (Å²) in [5, 5.41) is 0. The summed E-state index contributed by atoms with van der Waals surface area (Å²) in [5.74, 6) is 0. The molecule has 1 aromatic heterocycles. The van der Waals surface area contributed by atoms with Gasteiger partial charge in [0.05, 0.1) is 0 Å². The molecule has 1 aliphatic carbocycles. The van der Waals surface area contributed by atoms with Crippen molar-refractivity contribution in [2.24, 2.45) is 14.1 Å². The van der Waals surface area contributed by atoms with Crippen molar-refractivity contribution < 1.29 is 0 Å². The highest BCUT2D eigenvalue weighted by molar-refractivity contribution is 5.19. The van der Waals surface area contributed by atoms with Crippen LogP contribution in [-0.4, -0.2) is 9.13 Å². The number of hydrogen-bond donors (Lipinski definition) is 0. The summed E-state index contributed by atoms with van der Waals surface area (Å²) in [5.41, 5.74) is 1.50. The molecule has 0 unspecified atom stereocenters. The van der Waals surface area contributed by atoms with Crippen LogP contribution in [0, 0.1) is 0 Å². The number of hydrogen-bond acceptors (Lipinski definition) is 2. The topological polar surface area (TPSA) is 44.0 Å². The van der Waals surface area contributed by atoms with Crippen LogP contribution in [0.15, 0.2) is 9.59 Å². The molecule has 0 spiro atoms. The summed E-state index contributed by atoms with van der Waals surface area (Å²) in [7, 11) is 3.33. The van der Waals surface area contributed by atoms with Gasteiger partial charge in [0.1, 0.15) is 0 Å². The number of aromatic nitrogens is 2. The quantitative estimate of drug-likeness (QED) is 0.650. The average molecular weight is 222 g/mol. The summed E-state index contributed by atoms with van der Waals surface area (Å²) in [6.07, 6.45) is 6.19. The normalized spacial score (nSPS) is 16.4. The van der Waals surface area contributed by atoms with E-state index in [0.29, 0.717) is 0 Å². The van der Waals surface area contributed by atoms with E-state index in [1.807, 2.05) is 0 Å². The molecule has 4 nitrogen and oxygen atoms in total. The maximum Gasteiger partial charge on any atom is 0.330 e. The number of rotatable bonds is 0. The van der Waals surface area contributed by atoms with Crippen LogP contribution in [0.2, 0.25) is 0 Å². The zero-order chi connectivity index (χ0) is 11.7. The largest absolute Gasteiger partial charge is 0.330 e. The van der Waals surface area contributed by atoms with Crippen molar-refractivity contribution in [2.45, 2.75) is 38.5 Å². The minimum atomic E-state index is -0.204. The molecule has 0 bridgehead atoms.